The summed E-state index contributed by atoms with van der Waals surface area (Å²) in [4.78, 5) is 19.4. The Kier molecular flexibility index (Phi) is 6.46. The fraction of sp³-hybridized carbons (Fsp3) is 0.500. The third-order valence-electron chi connectivity index (χ3n) is 4.70. The molecule has 0 aliphatic carbocycles. The lowest BCUT2D eigenvalue weighted by atomic mass is 10.0. The third-order valence-corrected chi connectivity index (χ3v) is 5.59. The summed E-state index contributed by atoms with van der Waals surface area (Å²) in [7, 11) is 0. The molecule has 2 heterocycles. The average molecular weight is 390 g/mol. The van der Waals surface area contributed by atoms with Crippen molar-refractivity contribution < 1.29 is 14.3 Å². The highest BCUT2D eigenvalue weighted by molar-refractivity contribution is 7.13. The topological polar surface area (TPSA) is 63.7 Å². The van der Waals surface area contributed by atoms with Crippen molar-refractivity contribution in [2.24, 2.45) is 0 Å². The SMILES string of the molecule is CCOc1ccc(-c2nc(C(=O)NCC(C)(C)N3CCOCC3)cs2)cc1. The molecule has 1 aromatic heterocycles. The Morgan fingerprint density at radius 3 is 2.67 bits per heavy atom. The van der Waals surface area contributed by atoms with Gasteiger partial charge >= 0.3 is 0 Å². The molecular weight excluding hydrogens is 362 g/mol. The number of morpholine rings is 1. The Hall–Kier alpha value is -1.96. The van der Waals surface area contributed by atoms with Gasteiger partial charge in [0.2, 0.25) is 0 Å². The molecule has 1 aliphatic rings. The van der Waals surface area contributed by atoms with Crippen molar-refractivity contribution in [1.82, 2.24) is 15.2 Å². The zero-order valence-corrected chi connectivity index (χ0v) is 17.0. The molecule has 0 bridgehead atoms. The summed E-state index contributed by atoms with van der Waals surface area (Å²) < 4.78 is 10.9. The summed E-state index contributed by atoms with van der Waals surface area (Å²) in [5, 5.41) is 5.67. The summed E-state index contributed by atoms with van der Waals surface area (Å²) in [5.41, 5.74) is 1.32. The summed E-state index contributed by atoms with van der Waals surface area (Å²) in [6.45, 7) is 10.7. The molecule has 0 spiro atoms. The molecule has 0 saturated carbocycles. The number of benzene rings is 1. The van der Waals surface area contributed by atoms with Crippen LogP contribution in [0.2, 0.25) is 0 Å². The molecule has 1 amide bonds. The maximum atomic E-state index is 12.5. The van der Waals surface area contributed by atoms with Gasteiger partial charge in [-0.1, -0.05) is 0 Å². The molecule has 146 valence electrons. The van der Waals surface area contributed by atoms with Gasteiger partial charge in [-0.25, -0.2) is 4.98 Å². The summed E-state index contributed by atoms with van der Waals surface area (Å²) in [5.74, 6) is 0.700. The van der Waals surface area contributed by atoms with Crippen LogP contribution in [0, 0.1) is 0 Å². The molecule has 0 atom stereocenters. The summed E-state index contributed by atoms with van der Waals surface area (Å²) >= 11 is 1.47. The number of hydrogen-bond acceptors (Lipinski definition) is 6. The van der Waals surface area contributed by atoms with E-state index in [2.05, 4.69) is 29.0 Å². The maximum Gasteiger partial charge on any atom is 0.270 e. The van der Waals surface area contributed by atoms with Gasteiger partial charge in [0.05, 0.1) is 19.8 Å². The highest BCUT2D eigenvalue weighted by atomic mass is 32.1. The van der Waals surface area contributed by atoms with Gasteiger partial charge in [0, 0.05) is 36.1 Å². The first kappa shape index (κ1) is 19.8. The van der Waals surface area contributed by atoms with E-state index in [-0.39, 0.29) is 11.4 Å². The van der Waals surface area contributed by atoms with Crippen molar-refractivity contribution in [2.75, 3.05) is 39.5 Å². The van der Waals surface area contributed by atoms with Crippen LogP contribution in [0.1, 0.15) is 31.3 Å². The molecule has 1 N–H and O–H groups in total. The molecule has 0 unspecified atom stereocenters. The zero-order chi connectivity index (χ0) is 19.3. The maximum absolute atomic E-state index is 12.5. The Morgan fingerprint density at radius 2 is 2.00 bits per heavy atom. The van der Waals surface area contributed by atoms with E-state index in [9.17, 15) is 4.79 Å². The minimum atomic E-state index is -0.134. The lowest BCUT2D eigenvalue weighted by Gasteiger charge is -2.40. The molecule has 27 heavy (non-hydrogen) atoms. The quantitative estimate of drug-likeness (QED) is 0.789. The van der Waals surface area contributed by atoms with Crippen molar-refractivity contribution in [3.8, 4) is 16.3 Å². The van der Waals surface area contributed by atoms with Crippen LogP contribution in [0.25, 0.3) is 10.6 Å². The number of aromatic nitrogens is 1. The molecule has 6 nitrogen and oxygen atoms in total. The Balaban J connectivity index is 1.59. The first-order valence-corrected chi connectivity index (χ1v) is 10.2. The second-order valence-electron chi connectivity index (χ2n) is 7.09. The van der Waals surface area contributed by atoms with E-state index in [1.54, 1.807) is 0 Å². The van der Waals surface area contributed by atoms with Crippen molar-refractivity contribution >= 4 is 17.2 Å². The highest BCUT2D eigenvalue weighted by Gasteiger charge is 2.29. The molecule has 2 aromatic rings. The van der Waals surface area contributed by atoms with E-state index in [0.717, 1.165) is 42.6 Å². The molecular formula is C20H27N3O3S. The van der Waals surface area contributed by atoms with Gasteiger partial charge in [0.25, 0.3) is 5.91 Å². The van der Waals surface area contributed by atoms with Gasteiger partial charge in [-0.2, -0.15) is 0 Å². The van der Waals surface area contributed by atoms with E-state index < -0.39 is 0 Å². The smallest absolute Gasteiger partial charge is 0.270 e. The fourth-order valence-electron chi connectivity index (χ4n) is 3.04. The van der Waals surface area contributed by atoms with Crippen LogP contribution >= 0.6 is 11.3 Å². The van der Waals surface area contributed by atoms with Crippen LogP contribution in [-0.4, -0.2) is 60.8 Å². The van der Waals surface area contributed by atoms with Crippen molar-refractivity contribution in [2.45, 2.75) is 26.3 Å². The first-order valence-electron chi connectivity index (χ1n) is 9.29. The van der Waals surface area contributed by atoms with Crippen molar-refractivity contribution in [3.63, 3.8) is 0 Å². The van der Waals surface area contributed by atoms with Gasteiger partial charge in [-0.3, -0.25) is 9.69 Å². The molecule has 3 rings (SSSR count). The van der Waals surface area contributed by atoms with Crippen LogP contribution in [0.15, 0.2) is 29.6 Å². The number of ether oxygens (including phenoxy) is 2. The number of thiazole rings is 1. The standard InChI is InChI=1S/C20H27N3O3S/c1-4-26-16-7-5-15(6-8-16)19-22-17(13-27-19)18(24)21-14-20(2,3)23-9-11-25-12-10-23/h5-8,13H,4,9-12,14H2,1-3H3,(H,21,24). The van der Waals surface area contributed by atoms with Gasteiger partial charge < -0.3 is 14.8 Å². The van der Waals surface area contributed by atoms with Gasteiger partial charge in [-0.15, -0.1) is 11.3 Å². The van der Waals surface area contributed by atoms with Crippen molar-refractivity contribution in [3.05, 3.63) is 35.3 Å². The van der Waals surface area contributed by atoms with Crippen LogP contribution in [0.5, 0.6) is 5.75 Å². The van der Waals surface area contributed by atoms with Crippen molar-refractivity contribution in [1.29, 1.82) is 0 Å². The second kappa shape index (κ2) is 8.82. The largest absolute Gasteiger partial charge is 0.494 e. The minimum absolute atomic E-state index is 0.118. The van der Waals surface area contributed by atoms with Gasteiger partial charge in [0.15, 0.2) is 0 Å². The molecule has 1 aromatic carbocycles. The zero-order valence-electron chi connectivity index (χ0n) is 16.2. The van der Waals surface area contributed by atoms with Crippen LogP contribution in [-0.2, 0) is 4.74 Å². The van der Waals surface area contributed by atoms with E-state index in [1.165, 1.54) is 11.3 Å². The number of amides is 1. The summed E-state index contributed by atoms with van der Waals surface area (Å²) in [6.07, 6.45) is 0. The molecule has 0 radical (unpaired) electrons. The predicted molar refractivity (Wildman–Crippen MR) is 108 cm³/mol. The Morgan fingerprint density at radius 1 is 1.30 bits per heavy atom. The number of carbonyl (C=O) groups is 1. The number of hydrogen-bond donors (Lipinski definition) is 1. The highest BCUT2D eigenvalue weighted by Crippen LogP contribution is 2.26. The average Bonchev–Trinajstić information content (AvgIpc) is 3.18. The lowest BCUT2D eigenvalue weighted by molar-refractivity contribution is -0.00924. The number of rotatable bonds is 7. The van der Waals surface area contributed by atoms with Gasteiger partial charge in [0.1, 0.15) is 16.5 Å². The number of nitrogens with zero attached hydrogens (tertiary/aromatic N) is 2. The van der Waals surface area contributed by atoms with Gasteiger partial charge in [-0.05, 0) is 45.0 Å². The molecule has 1 fully saturated rings. The van der Waals surface area contributed by atoms with Crippen LogP contribution < -0.4 is 10.1 Å². The van der Waals surface area contributed by atoms with E-state index in [4.69, 9.17) is 9.47 Å². The predicted octanol–water partition coefficient (Wildman–Crippen LogP) is 3.05. The third kappa shape index (κ3) is 5.06. The molecule has 1 aliphatic heterocycles. The normalized spacial score (nSPS) is 15.5. The Bertz CT molecular complexity index is 752. The lowest BCUT2D eigenvalue weighted by Crippen LogP contribution is -2.55. The summed E-state index contributed by atoms with van der Waals surface area (Å²) in [6, 6.07) is 7.77. The van der Waals surface area contributed by atoms with E-state index in [1.807, 2.05) is 36.6 Å². The number of nitrogens with one attached hydrogen (secondary N) is 1. The minimum Gasteiger partial charge on any atom is -0.494 e. The van der Waals surface area contributed by atoms with Crippen LogP contribution in [0.4, 0.5) is 0 Å². The van der Waals surface area contributed by atoms with E-state index in [0.29, 0.717) is 18.8 Å². The molecule has 1 saturated heterocycles. The second-order valence-corrected chi connectivity index (χ2v) is 7.95. The fourth-order valence-corrected chi connectivity index (χ4v) is 3.84. The van der Waals surface area contributed by atoms with Crippen LogP contribution in [0.3, 0.4) is 0 Å². The first-order chi connectivity index (χ1) is 13.0. The van der Waals surface area contributed by atoms with E-state index >= 15 is 0 Å². The number of carbonyl (C=O) groups excluding carboxylic acids is 1. The Labute approximate surface area is 164 Å². The molecule has 7 heteroatoms. The monoisotopic (exact) mass is 389 g/mol.